The molecular formula is C20H15FN2O2. The van der Waals surface area contributed by atoms with Crippen LogP contribution in [0.1, 0.15) is 33.2 Å². The molecule has 124 valence electrons. The number of allylic oxidation sites excluding steroid dienone is 1. The monoisotopic (exact) mass is 334 g/mol. The van der Waals surface area contributed by atoms with Gasteiger partial charge in [0, 0.05) is 17.9 Å². The number of aromatic nitrogens is 2. The van der Waals surface area contributed by atoms with E-state index in [-0.39, 0.29) is 17.4 Å². The lowest BCUT2D eigenvalue weighted by molar-refractivity contribution is 0.0689. The van der Waals surface area contributed by atoms with E-state index in [9.17, 15) is 14.3 Å². The first kappa shape index (κ1) is 15.3. The van der Waals surface area contributed by atoms with Crippen molar-refractivity contribution in [2.24, 2.45) is 0 Å². The largest absolute Gasteiger partial charge is 0.476 e. The fraction of sp³-hybridized carbons (Fsp3) is 0.100. The second-order valence-corrected chi connectivity index (χ2v) is 5.98. The second-order valence-electron chi connectivity index (χ2n) is 5.98. The van der Waals surface area contributed by atoms with Crippen molar-refractivity contribution in [3.8, 4) is 5.69 Å². The molecule has 5 heteroatoms. The van der Waals surface area contributed by atoms with E-state index in [1.165, 1.54) is 12.1 Å². The van der Waals surface area contributed by atoms with Crippen LogP contribution in [0.25, 0.3) is 11.8 Å². The maximum Gasteiger partial charge on any atom is 0.357 e. The molecule has 0 spiro atoms. The lowest BCUT2D eigenvalue weighted by Gasteiger charge is -2.19. The Bertz CT molecular complexity index is 959. The van der Waals surface area contributed by atoms with Gasteiger partial charge in [0.2, 0.25) is 0 Å². The number of carboxylic acid groups (broad SMARTS) is 1. The summed E-state index contributed by atoms with van der Waals surface area (Å²) >= 11 is 0. The normalized spacial score (nSPS) is 15.8. The molecule has 1 atom stereocenters. The van der Waals surface area contributed by atoms with Crippen LogP contribution in [-0.2, 0) is 6.42 Å². The molecule has 0 saturated heterocycles. The van der Waals surface area contributed by atoms with E-state index in [1.807, 2.05) is 30.4 Å². The molecule has 1 N–H and O–H groups in total. The average molecular weight is 334 g/mol. The first-order valence-corrected chi connectivity index (χ1v) is 7.98. The van der Waals surface area contributed by atoms with Crippen LogP contribution in [0.4, 0.5) is 4.39 Å². The summed E-state index contributed by atoms with van der Waals surface area (Å²) in [5.41, 5.74) is 3.26. The molecule has 0 radical (unpaired) electrons. The third-order valence-corrected chi connectivity index (χ3v) is 4.43. The molecule has 1 heterocycles. The summed E-state index contributed by atoms with van der Waals surface area (Å²) in [6.45, 7) is 0. The van der Waals surface area contributed by atoms with Crippen LogP contribution >= 0.6 is 0 Å². The van der Waals surface area contributed by atoms with E-state index in [1.54, 1.807) is 16.8 Å². The number of aromatic carboxylic acids is 1. The zero-order chi connectivity index (χ0) is 17.4. The Morgan fingerprint density at radius 3 is 2.52 bits per heavy atom. The van der Waals surface area contributed by atoms with Crippen molar-refractivity contribution in [2.75, 3.05) is 0 Å². The molecule has 2 aromatic carbocycles. The van der Waals surface area contributed by atoms with Crippen molar-refractivity contribution >= 4 is 12.0 Å². The first-order chi connectivity index (χ1) is 12.1. The summed E-state index contributed by atoms with van der Waals surface area (Å²) in [5, 5.41) is 13.7. The van der Waals surface area contributed by atoms with Gasteiger partial charge in [-0.2, -0.15) is 5.10 Å². The lowest BCUT2D eigenvalue weighted by atomic mass is 9.87. The molecule has 0 bridgehead atoms. The molecular weight excluding hydrogens is 319 g/mol. The van der Waals surface area contributed by atoms with E-state index in [4.69, 9.17) is 0 Å². The number of rotatable bonds is 3. The van der Waals surface area contributed by atoms with E-state index in [0.29, 0.717) is 17.7 Å². The molecule has 1 aromatic heterocycles. The van der Waals surface area contributed by atoms with Gasteiger partial charge in [0.25, 0.3) is 0 Å². The average Bonchev–Trinajstić information content (AvgIpc) is 3.02. The summed E-state index contributed by atoms with van der Waals surface area (Å²) in [6.07, 6.45) is 4.47. The number of benzene rings is 2. The molecule has 4 rings (SSSR count). The molecule has 0 amide bonds. The highest BCUT2D eigenvalue weighted by Crippen LogP contribution is 2.33. The highest BCUT2D eigenvalue weighted by atomic mass is 19.1. The third kappa shape index (κ3) is 2.74. The lowest BCUT2D eigenvalue weighted by Crippen LogP contribution is -2.10. The standard InChI is InChI=1S/C20H15FN2O2/c21-15-7-9-16(10-8-15)23-18-12-14(13-4-2-1-3-5-13)6-11-17(18)19(22-23)20(24)25/h1-11,14H,12H2,(H,24,25). The minimum atomic E-state index is -1.07. The molecule has 3 aromatic rings. The highest BCUT2D eigenvalue weighted by molar-refractivity contribution is 5.91. The van der Waals surface area contributed by atoms with Crippen molar-refractivity contribution in [3.05, 3.63) is 89.0 Å². The predicted molar refractivity (Wildman–Crippen MR) is 92.4 cm³/mol. The van der Waals surface area contributed by atoms with Crippen LogP contribution in [0.2, 0.25) is 0 Å². The van der Waals surface area contributed by atoms with Gasteiger partial charge < -0.3 is 5.11 Å². The maximum atomic E-state index is 13.2. The number of hydrogen-bond donors (Lipinski definition) is 1. The molecule has 4 nitrogen and oxygen atoms in total. The molecule has 0 saturated carbocycles. The van der Waals surface area contributed by atoms with Crippen LogP contribution in [0.5, 0.6) is 0 Å². The van der Waals surface area contributed by atoms with Gasteiger partial charge in [0.05, 0.1) is 11.4 Å². The fourth-order valence-corrected chi connectivity index (χ4v) is 3.21. The second kappa shape index (κ2) is 6.02. The fourth-order valence-electron chi connectivity index (χ4n) is 3.21. The van der Waals surface area contributed by atoms with Gasteiger partial charge in [0.1, 0.15) is 5.82 Å². The Morgan fingerprint density at radius 2 is 1.84 bits per heavy atom. The minimum Gasteiger partial charge on any atom is -0.476 e. The highest BCUT2D eigenvalue weighted by Gasteiger charge is 2.27. The summed E-state index contributed by atoms with van der Waals surface area (Å²) in [5.74, 6) is -1.27. The van der Waals surface area contributed by atoms with Crippen LogP contribution in [0, 0.1) is 5.82 Å². The third-order valence-electron chi connectivity index (χ3n) is 4.43. The van der Waals surface area contributed by atoms with Crippen molar-refractivity contribution in [1.82, 2.24) is 9.78 Å². The van der Waals surface area contributed by atoms with Crippen molar-refractivity contribution in [2.45, 2.75) is 12.3 Å². The SMILES string of the molecule is O=C(O)c1nn(-c2ccc(F)cc2)c2c1C=CC(c1ccccc1)C2. The summed E-state index contributed by atoms with van der Waals surface area (Å²) in [7, 11) is 0. The molecule has 1 aliphatic carbocycles. The summed E-state index contributed by atoms with van der Waals surface area (Å²) < 4.78 is 14.8. The van der Waals surface area contributed by atoms with Crippen LogP contribution in [0.15, 0.2) is 60.7 Å². The number of carboxylic acids is 1. The Balaban J connectivity index is 1.82. The number of carbonyl (C=O) groups is 1. The van der Waals surface area contributed by atoms with Crippen molar-refractivity contribution in [1.29, 1.82) is 0 Å². The zero-order valence-electron chi connectivity index (χ0n) is 13.3. The zero-order valence-corrected chi connectivity index (χ0v) is 13.3. The van der Waals surface area contributed by atoms with Gasteiger partial charge in [-0.05, 0) is 29.8 Å². The van der Waals surface area contributed by atoms with Gasteiger partial charge >= 0.3 is 5.97 Å². The molecule has 1 unspecified atom stereocenters. The van der Waals surface area contributed by atoms with Gasteiger partial charge in [-0.15, -0.1) is 0 Å². The number of halogens is 1. The Labute approximate surface area is 143 Å². The summed E-state index contributed by atoms with van der Waals surface area (Å²) in [4.78, 5) is 11.6. The van der Waals surface area contributed by atoms with Gasteiger partial charge in [-0.25, -0.2) is 13.9 Å². The smallest absolute Gasteiger partial charge is 0.357 e. The number of nitrogens with zero attached hydrogens (tertiary/aromatic N) is 2. The maximum absolute atomic E-state index is 13.2. The van der Waals surface area contributed by atoms with E-state index < -0.39 is 5.97 Å². The topological polar surface area (TPSA) is 55.1 Å². The van der Waals surface area contributed by atoms with Crippen LogP contribution < -0.4 is 0 Å². The Hall–Kier alpha value is -3.21. The van der Waals surface area contributed by atoms with Gasteiger partial charge in [-0.3, -0.25) is 0 Å². The molecule has 25 heavy (non-hydrogen) atoms. The predicted octanol–water partition coefficient (Wildman–Crippen LogP) is 4.06. The van der Waals surface area contributed by atoms with Crippen molar-refractivity contribution in [3.63, 3.8) is 0 Å². The van der Waals surface area contributed by atoms with Crippen LogP contribution in [0.3, 0.4) is 0 Å². The quantitative estimate of drug-likeness (QED) is 0.786. The minimum absolute atomic E-state index is 0.0158. The van der Waals surface area contributed by atoms with Crippen molar-refractivity contribution < 1.29 is 14.3 Å². The molecule has 1 aliphatic rings. The Morgan fingerprint density at radius 1 is 1.12 bits per heavy atom. The summed E-state index contributed by atoms with van der Waals surface area (Å²) in [6, 6.07) is 15.9. The van der Waals surface area contributed by atoms with Crippen LogP contribution in [-0.4, -0.2) is 20.9 Å². The molecule has 0 fully saturated rings. The number of hydrogen-bond acceptors (Lipinski definition) is 2. The van der Waals surface area contributed by atoms with Gasteiger partial charge in [-0.1, -0.05) is 42.5 Å². The number of fused-ring (bicyclic) bond motifs is 1. The Kier molecular flexibility index (Phi) is 3.69. The van der Waals surface area contributed by atoms with E-state index in [2.05, 4.69) is 17.2 Å². The molecule has 0 aliphatic heterocycles. The van der Waals surface area contributed by atoms with Gasteiger partial charge in [0.15, 0.2) is 5.69 Å². The first-order valence-electron chi connectivity index (χ1n) is 7.98. The van der Waals surface area contributed by atoms with E-state index >= 15 is 0 Å². The van der Waals surface area contributed by atoms with E-state index in [0.717, 1.165) is 11.3 Å².